The molecule has 0 spiro atoms. The maximum Gasteiger partial charge on any atom is 0.252 e. The third-order valence-corrected chi connectivity index (χ3v) is 5.89. The van der Waals surface area contributed by atoms with E-state index in [1.165, 1.54) is 23.5 Å². The van der Waals surface area contributed by atoms with E-state index >= 15 is 0 Å². The Labute approximate surface area is 147 Å². The second kappa shape index (κ2) is 6.85. The first-order chi connectivity index (χ1) is 11.5. The standard InChI is InChI=1S/C19H22N2O2S/c1-13(2)18(24-17-10-6-7-11-20(17)23)19(22)21-14(3)12-15-8-4-5-9-16(15)21/h4-11,13-14,18H,12H2,1-3H3/t14-,18-/m0/s1. The van der Waals surface area contributed by atoms with Crippen molar-refractivity contribution < 1.29 is 9.52 Å². The Bertz CT molecular complexity index is 748. The van der Waals surface area contributed by atoms with Crippen molar-refractivity contribution in [3.8, 4) is 0 Å². The summed E-state index contributed by atoms with van der Waals surface area (Å²) >= 11 is 1.35. The van der Waals surface area contributed by atoms with Gasteiger partial charge in [-0.3, -0.25) is 4.79 Å². The fourth-order valence-electron chi connectivity index (χ4n) is 3.14. The molecular formula is C19H22N2O2S. The van der Waals surface area contributed by atoms with E-state index < -0.39 is 0 Å². The summed E-state index contributed by atoms with van der Waals surface area (Å²) in [5.41, 5.74) is 2.22. The second-order valence-electron chi connectivity index (χ2n) is 6.54. The average Bonchev–Trinajstić information content (AvgIpc) is 2.89. The quantitative estimate of drug-likeness (QED) is 0.486. The molecule has 0 saturated heterocycles. The second-order valence-corrected chi connectivity index (χ2v) is 7.70. The molecule has 2 aromatic rings. The fraction of sp³-hybridized carbons (Fsp3) is 0.368. The van der Waals surface area contributed by atoms with Gasteiger partial charge in [-0.15, -0.1) is 0 Å². The molecule has 0 N–H and O–H groups in total. The number of rotatable bonds is 4. The lowest BCUT2D eigenvalue weighted by atomic mass is 10.1. The molecular weight excluding hydrogens is 320 g/mol. The number of thioether (sulfide) groups is 1. The van der Waals surface area contributed by atoms with Gasteiger partial charge >= 0.3 is 0 Å². The number of para-hydroxylation sites is 1. The third kappa shape index (κ3) is 3.13. The number of benzene rings is 1. The predicted molar refractivity (Wildman–Crippen MR) is 97.0 cm³/mol. The Balaban J connectivity index is 1.89. The molecule has 0 fully saturated rings. The Morgan fingerprint density at radius 2 is 1.96 bits per heavy atom. The van der Waals surface area contributed by atoms with Crippen LogP contribution in [0, 0.1) is 11.1 Å². The molecule has 24 heavy (non-hydrogen) atoms. The number of carbonyl (C=O) groups is 1. The van der Waals surface area contributed by atoms with E-state index in [1.54, 1.807) is 12.1 Å². The number of hydrogen-bond donors (Lipinski definition) is 0. The molecule has 0 bridgehead atoms. The number of anilines is 1. The molecule has 1 aromatic heterocycles. The van der Waals surface area contributed by atoms with Gasteiger partial charge in [-0.25, -0.2) is 0 Å². The summed E-state index contributed by atoms with van der Waals surface area (Å²) in [4.78, 5) is 15.2. The van der Waals surface area contributed by atoms with Gasteiger partial charge in [-0.2, -0.15) is 4.73 Å². The lowest BCUT2D eigenvalue weighted by Crippen LogP contribution is -2.44. The Hall–Kier alpha value is -2.01. The zero-order chi connectivity index (χ0) is 17.3. The molecule has 1 aliphatic rings. The van der Waals surface area contributed by atoms with Crippen LogP contribution in [0.15, 0.2) is 53.7 Å². The maximum atomic E-state index is 13.3. The van der Waals surface area contributed by atoms with Crippen molar-refractivity contribution in [3.05, 3.63) is 59.4 Å². The summed E-state index contributed by atoms with van der Waals surface area (Å²) in [6.07, 6.45) is 2.35. The molecule has 3 rings (SSSR count). The monoisotopic (exact) mass is 342 g/mol. The van der Waals surface area contributed by atoms with Crippen molar-refractivity contribution in [2.45, 2.75) is 43.5 Å². The van der Waals surface area contributed by atoms with Crippen LogP contribution in [0.3, 0.4) is 0 Å². The minimum Gasteiger partial charge on any atom is -0.618 e. The molecule has 0 radical (unpaired) electrons. The third-order valence-electron chi connectivity index (χ3n) is 4.33. The van der Waals surface area contributed by atoms with Crippen molar-refractivity contribution in [2.75, 3.05) is 4.90 Å². The average molecular weight is 342 g/mol. The van der Waals surface area contributed by atoms with Gasteiger partial charge in [-0.05, 0) is 48.7 Å². The van der Waals surface area contributed by atoms with Gasteiger partial charge in [0.15, 0.2) is 6.20 Å². The van der Waals surface area contributed by atoms with Crippen LogP contribution < -0.4 is 9.63 Å². The van der Waals surface area contributed by atoms with Gasteiger partial charge in [0.2, 0.25) is 5.91 Å². The normalized spacial score (nSPS) is 17.8. The van der Waals surface area contributed by atoms with E-state index in [2.05, 4.69) is 13.0 Å². The molecule has 2 atom stereocenters. The maximum absolute atomic E-state index is 13.3. The molecule has 1 amide bonds. The van der Waals surface area contributed by atoms with Crippen LogP contribution in [0.25, 0.3) is 0 Å². The molecule has 126 valence electrons. The smallest absolute Gasteiger partial charge is 0.252 e. The highest BCUT2D eigenvalue weighted by Crippen LogP contribution is 2.36. The summed E-state index contributed by atoms with van der Waals surface area (Å²) < 4.78 is 0.828. The van der Waals surface area contributed by atoms with Crippen molar-refractivity contribution in [2.24, 2.45) is 5.92 Å². The number of amides is 1. The summed E-state index contributed by atoms with van der Waals surface area (Å²) in [5, 5.41) is 12.2. The van der Waals surface area contributed by atoms with E-state index in [0.29, 0.717) is 5.03 Å². The van der Waals surface area contributed by atoms with Gasteiger partial charge in [0.1, 0.15) is 0 Å². The molecule has 4 nitrogen and oxygen atoms in total. The lowest BCUT2D eigenvalue weighted by Gasteiger charge is -2.28. The number of pyridine rings is 1. The number of fused-ring (bicyclic) bond motifs is 1. The predicted octanol–water partition coefficient (Wildman–Crippen LogP) is 3.41. The summed E-state index contributed by atoms with van der Waals surface area (Å²) in [6, 6.07) is 13.5. The SMILES string of the molecule is CC(C)[C@H](Sc1cccc[n+]1[O-])C(=O)N1c2ccccc2C[C@@H]1C. The Kier molecular flexibility index (Phi) is 4.81. The van der Waals surface area contributed by atoms with Gasteiger partial charge in [0, 0.05) is 23.9 Å². The van der Waals surface area contributed by atoms with E-state index in [1.807, 2.05) is 43.0 Å². The zero-order valence-electron chi connectivity index (χ0n) is 14.2. The van der Waals surface area contributed by atoms with Crippen LogP contribution in [0.2, 0.25) is 0 Å². The van der Waals surface area contributed by atoms with Crippen LogP contribution in [0.4, 0.5) is 5.69 Å². The molecule has 1 aromatic carbocycles. The Morgan fingerprint density at radius 1 is 1.25 bits per heavy atom. The molecule has 2 heterocycles. The van der Waals surface area contributed by atoms with E-state index in [4.69, 9.17) is 0 Å². The van der Waals surface area contributed by atoms with Gasteiger partial charge < -0.3 is 10.1 Å². The van der Waals surface area contributed by atoms with Crippen molar-refractivity contribution in [1.82, 2.24) is 0 Å². The van der Waals surface area contributed by atoms with Crippen molar-refractivity contribution in [3.63, 3.8) is 0 Å². The minimum absolute atomic E-state index is 0.0799. The van der Waals surface area contributed by atoms with E-state index in [-0.39, 0.29) is 23.1 Å². The fourth-order valence-corrected chi connectivity index (χ4v) is 4.21. The summed E-state index contributed by atoms with van der Waals surface area (Å²) in [6.45, 7) is 6.14. The highest BCUT2D eigenvalue weighted by molar-refractivity contribution is 8.00. The highest BCUT2D eigenvalue weighted by Gasteiger charge is 2.37. The first kappa shape index (κ1) is 16.8. The molecule has 1 aliphatic heterocycles. The van der Waals surface area contributed by atoms with Crippen LogP contribution in [-0.4, -0.2) is 17.2 Å². The topological polar surface area (TPSA) is 47.2 Å². The minimum atomic E-state index is -0.291. The number of hydrogen-bond acceptors (Lipinski definition) is 3. The van der Waals surface area contributed by atoms with Gasteiger partial charge in [0.05, 0.1) is 5.25 Å². The van der Waals surface area contributed by atoms with Crippen LogP contribution in [0.5, 0.6) is 0 Å². The van der Waals surface area contributed by atoms with Gasteiger partial charge in [-0.1, -0.05) is 32.0 Å². The van der Waals surface area contributed by atoms with E-state index in [9.17, 15) is 10.0 Å². The summed E-state index contributed by atoms with van der Waals surface area (Å²) in [5.74, 6) is 0.207. The number of aromatic nitrogens is 1. The molecule has 5 heteroatoms. The largest absolute Gasteiger partial charge is 0.618 e. The molecule has 0 saturated carbocycles. The van der Waals surface area contributed by atoms with Crippen LogP contribution >= 0.6 is 11.8 Å². The first-order valence-electron chi connectivity index (χ1n) is 8.25. The summed E-state index contributed by atoms with van der Waals surface area (Å²) in [7, 11) is 0. The first-order valence-corrected chi connectivity index (χ1v) is 9.13. The lowest BCUT2D eigenvalue weighted by molar-refractivity contribution is -0.645. The number of carbonyl (C=O) groups excluding carboxylic acids is 1. The molecule has 0 aliphatic carbocycles. The van der Waals surface area contributed by atoms with Crippen LogP contribution in [-0.2, 0) is 11.2 Å². The van der Waals surface area contributed by atoms with Gasteiger partial charge in [0.25, 0.3) is 5.03 Å². The highest BCUT2D eigenvalue weighted by atomic mass is 32.2. The van der Waals surface area contributed by atoms with Crippen molar-refractivity contribution in [1.29, 1.82) is 0 Å². The zero-order valence-corrected chi connectivity index (χ0v) is 15.0. The van der Waals surface area contributed by atoms with Crippen molar-refractivity contribution >= 4 is 23.4 Å². The van der Waals surface area contributed by atoms with Crippen LogP contribution in [0.1, 0.15) is 26.3 Å². The Morgan fingerprint density at radius 3 is 2.67 bits per heavy atom. The molecule has 0 unspecified atom stereocenters. The van der Waals surface area contributed by atoms with E-state index in [0.717, 1.165) is 16.8 Å². The number of nitrogens with zero attached hydrogens (tertiary/aromatic N) is 2.